The number of hydrogen-bond donors (Lipinski definition) is 0. The van der Waals surface area contributed by atoms with Crippen molar-refractivity contribution in [2.24, 2.45) is 0 Å². The molecule has 1 aliphatic rings. The number of halogens is 1. The second kappa shape index (κ2) is 5.09. The normalized spacial score (nSPS) is 17.4. The number of alkyl halides is 1. The zero-order chi connectivity index (χ0) is 15.0. The van der Waals surface area contributed by atoms with Crippen LogP contribution in [-0.4, -0.2) is 16.9 Å². The molecule has 0 N–H and O–H groups in total. The van der Waals surface area contributed by atoms with Crippen molar-refractivity contribution in [3.63, 3.8) is 0 Å². The Balaban J connectivity index is 1.97. The molecular weight excluding hydrogens is 273 g/mol. The number of nitrogens with zero attached hydrogens (tertiary/aromatic N) is 1. The number of non-ortho nitro benzene ring substituents is 1. The van der Waals surface area contributed by atoms with Gasteiger partial charge < -0.3 is 0 Å². The molecule has 0 spiro atoms. The molecule has 0 radical (unpaired) electrons. The monoisotopic (exact) mass is 285 g/mol. The SMILES string of the molecule is O=C1c2ccc(-c3ccc([N+](=O)[O-])cc3)cc2CCC1F. The lowest BCUT2D eigenvalue weighted by Gasteiger charge is -2.18. The lowest BCUT2D eigenvalue weighted by molar-refractivity contribution is -0.384. The van der Waals surface area contributed by atoms with Gasteiger partial charge in [0.25, 0.3) is 5.69 Å². The van der Waals surface area contributed by atoms with E-state index in [0.29, 0.717) is 12.0 Å². The van der Waals surface area contributed by atoms with E-state index >= 15 is 0 Å². The van der Waals surface area contributed by atoms with Gasteiger partial charge in [-0.1, -0.05) is 18.2 Å². The number of aryl methyl sites for hydroxylation is 1. The highest BCUT2D eigenvalue weighted by Crippen LogP contribution is 2.29. The minimum absolute atomic E-state index is 0.0344. The number of rotatable bonds is 2. The summed E-state index contributed by atoms with van der Waals surface area (Å²) in [4.78, 5) is 21.9. The van der Waals surface area contributed by atoms with Gasteiger partial charge in [-0.2, -0.15) is 0 Å². The first-order chi connectivity index (χ1) is 10.1. The minimum atomic E-state index is -1.40. The first-order valence-corrected chi connectivity index (χ1v) is 6.62. The van der Waals surface area contributed by atoms with E-state index in [9.17, 15) is 19.3 Å². The van der Waals surface area contributed by atoms with Crippen molar-refractivity contribution in [1.29, 1.82) is 0 Å². The average Bonchev–Trinajstić information content (AvgIpc) is 2.51. The van der Waals surface area contributed by atoms with Crippen molar-refractivity contribution >= 4 is 11.5 Å². The van der Waals surface area contributed by atoms with Gasteiger partial charge in [-0.3, -0.25) is 14.9 Å². The summed E-state index contributed by atoms with van der Waals surface area (Å²) in [5.41, 5.74) is 3.02. The zero-order valence-electron chi connectivity index (χ0n) is 11.1. The van der Waals surface area contributed by atoms with Gasteiger partial charge in [0.2, 0.25) is 0 Å². The van der Waals surface area contributed by atoms with Crippen LogP contribution in [0.2, 0.25) is 0 Å². The Kier molecular flexibility index (Phi) is 3.25. The summed E-state index contributed by atoms with van der Waals surface area (Å²) in [6, 6.07) is 11.5. The Labute approximate surface area is 120 Å². The third-order valence-electron chi connectivity index (χ3n) is 3.73. The molecule has 0 saturated heterocycles. The molecule has 0 bridgehead atoms. The van der Waals surface area contributed by atoms with E-state index in [0.717, 1.165) is 16.7 Å². The molecule has 2 aromatic rings. The number of ketones is 1. The third-order valence-corrected chi connectivity index (χ3v) is 3.73. The third kappa shape index (κ3) is 2.42. The van der Waals surface area contributed by atoms with E-state index < -0.39 is 16.9 Å². The molecule has 4 nitrogen and oxygen atoms in total. The van der Waals surface area contributed by atoms with Crippen LogP contribution < -0.4 is 0 Å². The van der Waals surface area contributed by atoms with Crippen molar-refractivity contribution in [3.05, 3.63) is 63.7 Å². The molecule has 21 heavy (non-hydrogen) atoms. The Morgan fingerprint density at radius 2 is 1.76 bits per heavy atom. The molecule has 0 saturated carbocycles. The Bertz CT molecular complexity index is 725. The molecule has 2 aromatic carbocycles. The summed E-state index contributed by atoms with van der Waals surface area (Å²) >= 11 is 0. The highest BCUT2D eigenvalue weighted by Gasteiger charge is 2.27. The fourth-order valence-corrected chi connectivity index (χ4v) is 2.58. The van der Waals surface area contributed by atoms with E-state index in [4.69, 9.17) is 0 Å². The van der Waals surface area contributed by atoms with E-state index in [1.807, 2.05) is 6.07 Å². The van der Waals surface area contributed by atoms with Gasteiger partial charge >= 0.3 is 0 Å². The average molecular weight is 285 g/mol. The largest absolute Gasteiger partial charge is 0.291 e. The number of nitro groups is 1. The maximum Gasteiger partial charge on any atom is 0.269 e. The highest BCUT2D eigenvalue weighted by molar-refractivity contribution is 6.02. The van der Waals surface area contributed by atoms with E-state index in [-0.39, 0.29) is 12.1 Å². The molecule has 106 valence electrons. The van der Waals surface area contributed by atoms with Crippen molar-refractivity contribution in [1.82, 2.24) is 0 Å². The van der Waals surface area contributed by atoms with Gasteiger partial charge in [0.05, 0.1) is 4.92 Å². The number of benzene rings is 2. The van der Waals surface area contributed by atoms with E-state index in [1.165, 1.54) is 12.1 Å². The van der Waals surface area contributed by atoms with Crippen molar-refractivity contribution < 1.29 is 14.1 Å². The lowest BCUT2D eigenvalue weighted by atomic mass is 9.87. The number of nitro benzene ring substituents is 1. The molecule has 0 amide bonds. The number of Topliss-reactive ketones (excluding diaryl/α,β-unsaturated/α-hetero) is 1. The number of carbonyl (C=O) groups excluding carboxylic acids is 1. The second-order valence-corrected chi connectivity index (χ2v) is 5.05. The van der Waals surface area contributed by atoms with Crippen molar-refractivity contribution in [2.45, 2.75) is 19.0 Å². The maximum absolute atomic E-state index is 13.4. The van der Waals surface area contributed by atoms with Crippen LogP contribution >= 0.6 is 0 Å². The number of hydrogen-bond acceptors (Lipinski definition) is 3. The second-order valence-electron chi connectivity index (χ2n) is 5.05. The van der Waals surface area contributed by atoms with Gasteiger partial charge in [-0.05, 0) is 41.7 Å². The van der Waals surface area contributed by atoms with E-state index in [1.54, 1.807) is 24.3 Å². The summed E-state index contributed by atoms with van der Waals surface area (Å²) in [7, 11) is 0. The van der Waals surface area contributed by atoms with Crippen LogP contribution in [0.4, 0.5) is 10.1 Å². The maximum atomic E-state index is 13.4. The first-order valence-electron chi connectivity index (χ1n) is 6.62. The van der Waals surface area contributed by atoms with Gasteiger partial charge in [-0.15, -0.1) is 0 Å². The summed E-state index contributed by atoms with van der Waals surface area (Å²) in [5.74, 6) is -0.452. The number of carbonyl (C=O) groups is 1. The Hall–Kier alpha value is -2.56. The molecule has 0 heterocycles. The molecule has 3 rings (SSSR count). The van der Waals surface area contributed by atoms with Crippen molar-refractivity contribution in [3.8, 4) is 11.1 Å². The van der Waals surface area contributed by atoms with Gasteiger partial charge in [0.1, 0.15) is 0 Å². The molecular formula is C16H12FNO3. The minimum Gasteiger partial charge on any atom is -0.291 e. The fourth-order valence-electron chi connectivity index (χ4n) is 2.58. The molecule has 5 heteroatoms. The van der Waals surface area contributed by atoms with Crippen LogP contribution in [0.5, 0.6) is 0 Å². The van der Waals surface area contributed by atoms with Crippen LogP contribution in [0, 0.1) is 10.1 Å². The topological polar surface area (TPSA) is 60.2 Å². The molecule has 1 atom stereocenters. The van der Waals surface area contributed by atoms with Gasteiger partial charge in [0.15, 0.2) is 12.0 Å². The summed E-state index contributed by atoms with van der Waals surface area (Å²) in [6.45, 7) is 0. The molecule has 0 aliphatic heterocycles. The molecule has 0 aromatic heterocycles. The zero-order valence-corrected chi connectivity index (χ0v) is 11.1. The predicted molar refractivity (Wildman–Crippen MR) is 76.1 cm³/mol. The van der Waals surface area contributed by atoms with Gasteiger partial charge in [0, 0.05) is 17.7 Å². The molecule has 0 fully saturated rings. The molecule has 1 aliphatic carbocycles. The molecule has 1 unspecified atom stereocenters. The highest BCUT2D eigenvalue weighted by atomic mass is 19.1. The summed E-state index contributed by atoms with van der Waals surface area (Å²) < 4.78 is 13.4. The smallest absolute Gasteiger partial charge is 0.269 e. The van der Waals surface area contributed by atoms with Crippen LogP contribution in [0.25, 0.3) is 11.1 Å². The predicted octanol–water partition coefficient (Wildman–Crippen LogP) is 3.73. The summed E-state index contributed by atoms with van der Waals surface area (Å²) in [5, 5.41) is 10.6. The first kappa shape index (κ1) is 13.4. The fraction of sp³-hybridized carbons (Fsp3) is 0.188. The standard InChI is InChI=1S/C16H12FNO3/c17-15-8-4-12-9-11(3-7-14(12)16(15)19)10-1-5-13(6-2-10)18(20)21/h1-3,5-7,9,15H,4,8H2. The quantitative estimate of drug-likeness (QED) is 0.624. The lowest BCUT2D eigenvalue weighted by Crippen LogP contribution is -2.23. The van der Waals surface area contributed by atoms with Gasteiger partial charge in [-0.25, -0.2) is 4.39 Å². The van der Waals surface area contributed by atoms with Crippen LogP contribution in [0.15, 0.2) is 42.5 Å². The van der Waals surface area contributed by atoms with Crippen molar-refractivity contribution in [2.75, 3.05) is 0 Å². The number of fused-ring (bicyclic) bond motifs is 1. The Morgan fingerprint density at radius 3 is 2.43 bits per heavy atom. The van der Waals surface area contributed by atoms with Crippen LogP contribution in [-0.2, 0) is 6.42 Å². The van der Waals surface area contributed by atoms with Crippen LogP contribution in [0.3, 0.4) is 0 Å². The summed E-state index contributed by atoms with van der Waals surface area (Å²) in [6.07, 6.45) is -0.652. The van der Waals surface area contributed by atoms with Crippen LogP contribution in [0.1, 0.15) is 22.3 Å². The Morgan fingerprint density at radius 1 is 1.10 bits per heavy atom. The van der Waals surface area contributed by atoms with E-state index in [2.05, 4.69) is 0 Å².